The molecule has 2 aliphatic heterocycles. The number of carbonyl (C=O) groups excluding carboxylic acids is 1. The number of hydrogen-bond acceptors (Lipinski definition) is 3. The SMILES string of the molecule is COCC1CCOC12CN(C(=O)c1cc3ccccc3[nH]1)C2. The molecule has 1 N–H and O–H groups in total. The summed E-state index contributed by atoms with van der Waals surface area (Å²) in [7, 11) is 1.72. The number of H-pyrrole nitrogens is 1. The van der Waals surface area contributed by atoms with Crippen molar-refractivity contribution in [3.8, 4) is 0 Å². The Bertz CT molecular complexity index is 670. The maximum absolute atomic E-state index is 12.6. The van der Waals surface area contributed by atoms with Crippen LogP contribution >= 0.6 is 0 Å². The zero-order valence-corrected chi connectivity index (χ0v) is 12.7. The molecule has 5 nitrogen and oxygen atoms in total. The molecule has 0 saturated carbocycles. The summed E-state index contributed by atoms with van der Waals surface area (Å²) in [5.41, 5.74) is 1.46. The molecule has 2 saturated heterocycles. The largest absolute Gasteiger partial charge is 0.384 e. The van der Waals surface area contributed by atoms with E-state index in [1.807, 2.05) is 35.2 Å². The minimum Gasteiger partial charge on any atom is -0.384 e. The minimum atomic E-state index is -0.183. The second-order valence-corrected chi connectivity index (χ2v) is 6.29. The number of benzene rings is 1. The summed E-state index contributed by atoms with van der Waals surface area (Å²) in [6.45, 7) is 2.79. The Morgan fingerprint density at radius 1 is 1.45 bits per heavy atom. The summed E-state index contributed by atoms with van der Waals surface area (Å²) in [4.78, 5) is 17.7. The van der Waals surface area contributed by atoms with Crippen molar-refractivity contribution >= 4 is 16.8 Å². The van der Waals surface area contributed by atoms with Crippen LogP contribution in [0.25, 0.3) is 10.9 Å². The third-order valence-electron chi connectivity index (χ3n) is 4.93. The van der Waals surface area contributed by atoms with Crippen LogP contribution in [-0.2, 0) is 9.47 Å². The molecule has 22 heavy (non-hydrogen) atoms. The van der Waals surface area contributed by atoms with Gasteiger partial charge in [-0.15, -0.1) is 0 Å². The van der Waals surface area contributed by atoms with Gasteiger partial charge >= 0.3 is 0 Å². The Kier molecular flexibility index (Phi) is 3.20. The second-order valence-electron chi connectivity index (χ2n) is 6.29. The number of ether oxygens (including phenoxy) is 2. The van der Waals surface area contributed by atoms with Gasteiger partial charge in [0.25, 0.3) is 5.91 Å². The first-order valence-corrected chi connectivity index (χ1v) is 7.72. The van der Waals surface area contributed by atoms with E-state index in [9.17, 15) is 4.79 Å². The smallest absolute Gasteiger partial charge is 0.270 e. The van der Waals surface area contributed by atoms with E-state index in [-0.39, 0.29) is 11.5 Å². The number of para-hydroxylation sites is 1. The Balaban J connectivity index is 1.49. The molecule has 0 radical (unpaired) electrons. The number of fused-ring (bicyclic) bond motifs is 1. The minimum absolute atomic E-state index is 0.0495. The van der Waals surface area contributed by atoms with Crippen LogP contribution in [0.4, 0.5) is 0 Å². The maximum Gasteiger partial charge on any atom is 0.270 e. The Morgan fingerprint density at radius 3 is 3.05 bits per heavy atom. The van der Waals surface area contributed by atoms with Crippen molar-refractivity contribution in [1.29, 1.82) is 0 Å². The number of aromatic nitrogens is 1. The first-order chi connectivity index (χ1) is 10.7. The molecule has 2 fully saturated rings. The van der Waals surface area contributed by atoms with Gasteiger partial charge < -0.3 is 19.4 Å². The molecule has 1 unspecified atom stereocenters. The predicted octanol–water partition coefficient (Wildman–Crippen LogP) is 2.05. The fourth-order valence-electron chi connectivity index (χ4n) is 3.67. The van der Waals surface area contributed by atoms with Crippen molar-refractivity contribution < 1.29 is 14.3 Å². The number of rotatable bonds is 3. The number of hydrogen-bond donors (Lipinski definition) is 1. The van der Waals surface area contributed by atoms with Gasteiger partial charge in [0.2, 0.25) is 0 Å². The predicted molar refractivity (Wildman–Crippen MR) is 82.9 cm³/mol. The van der Waals surface area contributed by atoms with Gasteiger partial charge in [-0.3, -0.25) is 4.79 Å². The highest BCUT2D eigenvalue weighted by atomic mass is 16.5. The summed E-state index contributed by atoms with van der Waals surface area (Å²) < 4.78 is 11.2. The lowest BCUT2D eigenvalue weighted by molar-refractivity contribution is -0.126. The zero-order chi connectivity index (χ0) is 15.2. The van der Waals surface area contributed by atoms with E-state index in [1.54, 1.807) is 7.11 Å². The molecule has 1 aromatic heterocycles. The maximum atomic E-state index is 12.6. The Hall–Kier alpha value is -1.85. The van der Waals surface area contributed by atoms with E-state index in [1.165, 1.54) is 0 Å². The Morgan fingerprint density at radius 2 is 2.27 bits per heavy atom. The van der Waals surface area contributed by atoms with Crippen LogP contribution in [0.1, 0.15) is 16.9 Å². The average molecular weight is 300 g/mol. The molecule has 2 aliphatic rings. The van der Waals surface area contributed by atoms with Crippen molar-refractivity contribution in [2.75, 3.05) is 33.4 Å². The van der Waals surface area contributed by atoms with Gasteiger partial charge in [-0.25, -0.2) is 0 Å². The number of methoxy groups -OCH3 is 1. The normalized spacial score (nSPS) is 23.1. The Labute approximate surface area is 129 Å². The average Bonchev–Trinajstić information content (AvgIpc) is 3.09. The summed E-state index contributed by atoms with van der Waals surface area (Å²) in [6.07, 6.45) is 1.02. The number of amides is 1. The second kappa shape index (κ2) is 5.11. The lowest BCUT2D eigenvalue weighted by Gasteiger charge is -2.49. The number of carbonyl (C=O) groups is 1. The van der Waals surface area contributed by atoms with Gasteiger partial charge in [-0.1, -0.05) is 18.2 Å². The van der Waals surface area contributed by atoms with Crippen molar-refractivity contribution in [1.82, 2.24) is 9.88 Å². The molecule has 3 heterocycles. The van der Waals surface area contributed by atoms with Gasteiger partial charge in [-0.05, 0) is 18.6 Å². The molecule has 1 aromatic carbocycles. The van der Waals surface area contributed by atoms with Gasteiger partial charge in [0.1, 0.15) is 11.3 Å². The quantitative estimate of drug-likeness (QED) is 0.944. The standard InChI is InChI=1S/C17H20N2O3/c1-21-9-13-6-7-22-17(13)10-19(11-17)16(20)15-8-12-4-2-3-5-14(12)18-15/h2-5,8,13,18H,6-7,9-11H2,1H3. The molecule has 1 atom stereocenters. The highest BCUT2D eigenvalue weighted by Crippen LogP contribution is 2.40. The van der Waals surface area contributed by atoms with Crippen molar-refractivity contribution in [2.45, 2.75) is 12.0 Å². The molecule has 4 rings (SSSR count). The van der Waals surface area contributed by atoms with Gasteiger partial charge in [0.05, 0.1) is 19.7 Å². The van der Waals surface area contributed by atoms with Gasteiger partial charge in [0.15, 0.2) is 0 Å². The van der Waals surface area contributed by atoms with E-state index < -0.39 is 0 Å². The van der Waals surface area contributed by atoms with Crippen LogP contribution in [0.5, 0.6) is 0 Å². The lowest BCUT2D eigenvalue weighted by atomic mass is 9.81. The summed E-state index contributed by atoms with van der Waals surface area (Å²) in [5, 5.41) is 1.07. The lowest BCUT2D eigenvalue weighted by Crippen LogP contribution is -2.66. The molecule has 0 bridgehead atoms. The fourth-order valence-corrected chi connectivity index (χ4v) is 3.67. The molecular weight excluding hydrogens is 280 g/mol. The van der Waals surface area contributed by atoms with E-state index in [2.05, 4.69) is 4.98 Å². The number of likely N-dealkylation sites (tertiary alicyclic amines) is 1. The van der Waals surface area contributed by atoms with Crippen molar-refractivity contribution in [3.63, 3.8) is 0 Å². The molecule has 116 valence electrons. The zero-order valence-electron chi connectivity index (χ0n) is 12.7. The molecule has 0 aliphatic carbocycles. The molecule has 5 heteroatoms. The van der Waals surface area contributed by atoms with E-state index in [4.69, 9.17) is 9.47 Å². The number of aromatic amines is 1. The van der Waals surface area contributed by atoms with Gasteiger partial charge in [0, 0.05) is 30.5 Å². The van der Waals surface area contributed by atoms with Crippen molar-refractivity contribution in [2.24, 2.45) is 5.92 Å². The number of nitrogens with one attached hydrogen (secondary N) is 1. The van der Waals surface area contributed by atoms with Crippen LogP contribution < -0.4 is 0 Å². The van der Waals surface area contributed by atoms with Crippen LogP contribution in [0.3, 0.4) is 0 Å². The number of nitrogens with zero attached hydrogens (tertiary/aromatic N) is 1. The summed E-state index contributed by atoms with van der Waals surface area (Å²) in [5.74, 6) is 0.442. The first kappa shape index (κ1) is 13.8. The fraction of sp³-hybridized carbons (Fsp3) is 0.471. The van der Waals surface area contributed by atoms with E-state index in [0.29, 0.717) is 31.3 Å². The molecular formula is C17H20N2O3. The van der Waals surface area contributed by atoms with Crippen LogP contribution in [-0.4, -0.2) is 54.8 Å². The summed E-state index contributed by atoms with van der Waals surface area (Å²) >= 11 is 0. The van der Waals surface area contributed by atoms with E-state index in [0.717, 1.165) is 23.9 Å². The van der Waals surface area contributed by atoms with Crippen LogP contribution in [0.15, 0.2) is 30.3 Å². The molecule has 1 spiro atoms. The molecule has 1 amide bonds. The van der Waals surface area contributed by atoms with E-state index >= 15 is 0 Å². The van der Waals surface area contributed by atoms with Crippen LogP contribution in [0, 0.1) is 5.92 Å². The van der Waals surface area contributed by atoms with Gasteiger partial charge in [-0.2, -0.15) is 0 Å². The highest BCUT2D eigenvalue weighted by molar-refractivity contribution is 5.98. The molecule has 2 aromatic rings. The third kappa shape index (κ3) is 2.04. The summed E-state index contributed by atoms with van der Waals surface area (Å²) in [6, 6.07) is 9.86. The first-order valence-electron chi connectivity index (χ1n) is 7.72. The topological polar surface area (TPSA) is 54.6 Å². The highest BCUT2D eigenvalue weighted by Gasteiger charge is 2.54. The van der Waals surface area contributed by atoms with Crippen molar-refractivity contribution in [3.05, 3.63) is 36.0 Å². The van der Waals surface area contributed by atoms with Crippen LogP contribution in [0.2, 0.25) is 0 Å². The third-order valence-corrected chi connectivity index (χ3v) is 4.93. The monoisotopic (exact) mass is 300 g/mol.